The number of aromatic nitrogens is 3. The third-order valence-electron chi connectivity index (χ3n) is 5.33. The number of carbonyl (C=O) groups excluding carboxylic acids is 1. The van der Waals surface area contributed by atoms with E-state index in [9.17, 15) is 4.79 Å². The third kappa shape index (κ3) is 3.92. The van der Waals surface area contributed by atoms with Gasteiger partial charge in [0, 0.05) is 37.3 Å². The first-order chi connectivity index (χ1) is 12.7. The number of hydrogen-bond acceptors (Lipinski definition) is 7. The van der Waals surface area contributed by atoms with E-state index in [4.69, 9.17) is 0 Å². The molecule has 2 aliphatic rings. The summed E-state index contributed by atoms with van der Waals surface area (Å²) in [5.74, 6) is 0.762. The number of thiazole rings is 1. The van der Waals surface area contributed by atoms with Crippen molar-refractivity contribution in [2.24, 2.45) is 5.41 Å². The fraction of sp³-hybridized carbons (Fsp3) is 0.556. The maximum atomic E-state index is 12.5. The zero-order valence-corrected chi connectivity index (χ0v) is 15.5. The summed E-state index contributed by atoms with van der Waals surface area (Å²) < 4.78 is 0. The van der Waals surface area contributed by atoms with E-state index in [1.54, 1.807) is 18.5 Å². The van der Waals surface area contributed by atoms with Crippen molar-refractivity contribution in [3.63, 3.8) is 0 Å². The van der Waals surface area contributed by atoms with E-state index in [1.165, 1.54) is 11.3 Å². The molecule has 0 bridgehead atoms. The predicted octanol–water partition coefficient (Wildman–Crippen LogP) is 0.990. The Morgan fingerprint density at radius 3 is 2.92 bits per heavy atom. The smallest absolute Gasteiger partial charge is 0.237 e. The van der Waals surface area contributed by atoms with Crippen molar-refractivity contribution in [1.29, 1.82) is 0 Å². The van der Waals surface area contributed by atoms with Gasteiger partial charge in [-0.15, -0.1) is 11.3 Å². The Balaban J connectivity index is 1.25. The highest BCUT2D eigenvalue weighted by Gasteiger charge is 2.41. The van der Waals surface area contributed by atoms with Gasteiger partial charge in [-0.3, -0.25) is 4.79 Å². The van der Waals surface area contributed by atoms with Crippen LogP contribution >= 0.6 is 11.3 Å². The molecule has 2 aromatic heterocycles. The topological polar surface area (TPSA) is 91.8 Å². The van der Waals surface area contributed by atoms with Crippen LogP contribution in [0.25, 0.3) is 10.8 Å². The number of piperidine rings is 1. The lowest BCUT2D eigenvalue weighted by molar-refractivity contribution is -0.122. The zero-order chi connectivity index (χ0) is 17.8. The molecule has 1 atom stereocenters. The number of amides is 1. The van der Waals surface area contributed by atoms with E-state index in [1.807, 2.05) is 5.38 Å². The summed E-state index contributed by atoms with van der Waals surface area (Å²) in [7, 11) is 0. The van der Waals surface area contributed by atoms with Crippen molar-refractivity contribution in [3.8, 4) is 10.8 Å². The molecule has 2 saturated heterocycles. The van der Waals surface area contributed by atoms with E-state index in [-0.39, 0.29) is 11.9 Å². The molecule has 3 N–H and O–H groups in total. The van der Waals surface area contributed by atoms with Gasteiger partial charge in [-0.05, 0) is 43.8 Å². The molecule has 1 amide bonds. The van der Waals surface area contributed by atoms with Crippen molar-refractivity contribution in [2.45, 2.75) is 31.7 Å². The molecule has 1 unspecified atom stereocenters. The van der Waals surface area contributed by atoms with Gasteiger partial charge >= 0.3 is 0 Å². The Hall–Kier alpha value is -1.90. The van der Waals surface area contributed by atoms with E-state index in [0.717, 1.165) is 56.0 Å². The molecule has 8 heteroatoms. The van der Waals surface area contributed by atoms with Crippen molar-refractivity contribution in [3.05, 3.63) is 29.5 Å². The fourth-order valence-electron chi connectivity index (χ4n) is 3.81. The highest BCUT2D eigenvalue weighted by atomic mass is 32.1. The number of nitrogens with zero attached hydrogens (tertiary/aromatic N) is 3. The van der Waals surface area contributed by atoms with E-state index < -0.39 is 0 Å². The average molecular weight is 372 g/mol. The summed E-state index contributed by atoms with van der Waals surface area (Å²) in [6, 6.07) is 1.73. The van der Waals surface area contributed by atoms with E-state index in [0.29, 0.717) is 17.8 Å². The number of hydrogen-bond donors (Lipinski definition) is 3. The van der Waals surface area contributed by atoms with Crippen LogP contribution in [0.15, 0.2) is 23.8 Å². The molecule has 7 nitrogen and oxygen atoms in total. The average Bonchev–Trinajstić information content (AvgIpc) is 3.31. The van der Waals surface area contributed by atoms with Crippen LogP contribution in [0.4, 0.5) is 0 Å². The fourth-order valence-corrected chi connectivity index (χ4v) is 4.61. The highest BCUT2D eigenvalue weighted by Crippen LogP contribution is 2.37. The Morgan fingerprint density at radius 1 is 1.31 bits per heavy atom. The minimum absolute atomic E-state index is 0.0585. The lowest BCUT2D eigenvalue weighted by atomic mass is 9.77. The largest absolute Gasteiger partial charge is 0.354 e. The first-order valence-electron chi connectivity index (χ1n) is 9.18. The van der Waals surface area contributed by atoms with Crippen LogP contribution in [0.3, 0.4) is 0 Å². The zero-order valence-electron chi connectivity index (χ0n) is 14.7. The Morgan fingerprint density at radius 2 is 2.12 bits per heavy atom. The first-order valence-corrected chi connectivity index (χ1v) is 10.1. The second-order valence-corrected chi connectivity index (χ2v) is 8.00. The van der Waals surface area contributed by atoms with Crippen molar-refractivity contribution < 1.29 is 4.79 Å². The van der Waals surface area contributed by atoms with Crippen LogP contribution in [-0.2, 0) is 11.2 Å². The summed E-state index contributed by atoms with van der Waals surface area (Å²) >= 11 is 1.53. The first kappa shape index (κ1) is 17.5. The van der Waals surface area contributed by atoms with Gasteiger partial charge in [-0.1, -0.05) is 0 Å². The summed E-state index contributed by atoms with van der Waals surface area (Å²) in [5.41, 5.74) is 1.28. The molecule has 0 aromatic carbocycles. The minimum Gasteiger partial charge on any atom is -0.354 e. The van der Waals surface area contributed by atoms with Crippen LogP contribution in [0.1, 0.15) is 25.0 Å². The van der Waals surface area contributed by atoms with Crippen LogP contribution in [0.2, 0.25) is 0 Å². The maximum Gasteiger partial charge on any atom is 0.237 e. The molecule has 4 heterocycles. The Kier molecular flexibility index (Phi) is 5.23. The van der Waals surface area contributed by atoms with Crippen LogP contribution in [0, 0.1) is 5.41 Å². The summed E-state index contributed by atoms with van der Waals surface area (Å²) in [6.07, 6.45) is 7.42. The second kappa shape index (κ2) is 7.77. The number of carbonyl (C=O) groups is 1. The molecule has 0 saturated carbocycles. The lowest BCUT2D eigenvalue weighted by Crippen LogP contribution is -2.41. The molecule has 0 aliphatic carbocycles. The second-order valence-electron chi connectivity index (χ2n) is 7.15. The van der Waals surface area contributed by atoms with Gasteiger partial charge in [0.25, 0.3) is 0 Å². The van der Waals surface area contributed by atoms with Crippen LogP contribution in [-0.4, -0.2) is 53.1 Å². The maximum absolute atomic E-state index is 12.5. The van der Waals surface area contributed by atoms with Gasteiger partial charge in [0.05, 0.1) is 11.7 Å². The molecule has 2 fully saturated rings. The molecule has 2 aromatic rings. The highest BCUT2D eigenvalue weighted by molar-refractivity contribution is 7.13. The summed E-state index contributed by atoms with van der Waals surface area (Å²) in [4.78, 5) is 25.5. The monoisotopic (exact) mass is 372 g/mol. The van der Waals surface area contributed by atoms with Crippen molar-refractivity contribution >= 4 is 17.2 Å². The lowest BCUT2D eigenvalue weighted by Gasteiger charge is -2.33. The summed E-state index contributed by atoms with van der Waals surface area (Å²) in [6.45, 7) is 3.68. The molecule has 2 aliphatic heterocycles. The van der Waals surface area contributed by atoms with Gasteiger partial charge in [0.2, 0.25) is 5.91 Å². The van der Waals surface area contributed by atoms with Gasteiger partial charge in [0.15, 0.2) is 10.8 Å². The SMILES string of the molecule is O=C(NCCc1csc(-c2ncccn2)n1)C1CC2(CCNCC2)CN1. The molecule has 0 radical (unpaired) electrons. The van der Waals surface area contributed by atoms with Crippen molar-refractivity contribution in [1.82, 2.24) is 30.9 Å². The Bertz CT molecular complexity index is 743. The standard InChI is InChI=1S/C18H24N6OS/c25-16(14-10-18(12-23-14)3-8-19-9-4-18)22-7-2-13-11-26-17(24-13)15-20-5-1-6-21-15/h1,5-6,11,14,19,23H,2-4,7-10,12H2,(H,22,25). The molecule has 138 valence electrons. The Labute approximate surface area is 157 Å². The van der Waals surface area contributed by atoms with Crippen LogP contribution < -0.4 is 16.0 Å². The predicted molar refractivity (Wildman–Crippen MR) is 101 cm³/mol. The number of nitrogens with one attached hydrogen (secondary N) is 3. The number of rotatable bonds is 5. The molecular formula is C18H24N6OS. The molecule has 4 rings (SSSR count). The normalized spacial score (nSPS) is 21.8. The molecule has 26 heavy (non-hydrogen) atoms. The van der Waals surface area contributed by atoms with Crippen LogP contribution in [0.5, 0.6) is 0 Å². The van der Waals surface area contributed by atoms with Gasteiger partial charge < -0.3 is 16.0 Å². The quantitative estimate of drug-likeness (QED) is 0.725. The van der Waals surface area contributed by atoms with E-state index in [2.05, 4.69) is 30.9 Å². The van der Waals surface area contributed by atoms with Gasteiger partial charge in [0.1, 0.15) is 0 Å². The minimum atomic E-state index is -0.0585. The van der Waals surface area contributed by atoms with Gasteiger partial charge in [-0.25, -0.2) is 15.0 Å². The van der Waals surface area contributed by atoms with Crippen molar-refractivity contribution in [2.75, 3.05) is 26.2 Å². The molecule has 1 spiro atoms. The molecular weight excluding hydrogens is 348 g/mol. The third-order valence-corrected chi connectivity index (χ3v) is 6.22. The summed E-state index contributed by atoms with van der Waals surface area (Å²) in [5, 5.41) is 12.7. The van der Waals surface area contributed by atoms with E-state index >= 15 is 0 Å². The van der Waals surface area contributed by atoms with Gasteiger partial charge in [-0.2, -0.15) is 0 Å².